The van der Waals surface area contributed by atoms with E-state index in [1.807, 2.05) is 18.2 Å². The van der Waals surface area contributed by atoms with Crippen LogP contribution in [0, 0.1) is 0 Å². The highest BCUT2D eigenvalue weighted by Crippen LogP contribution is 2.44. The number of hydrogen-bond donors (Lipinski definition) is 0. The molecule has 49 heavy (non-hydrogen) atoms. The van der Waals surface area contributed by atoms with Gasteiger partial charge in [0.2, 0.25) is 0 Å². The standard InChI is InChI=1S/C46H29NO2/c1-3-12-31(13-4-1)39-29-41-40-28-32(24-27-44(40)48-45(41)37-18-8-7-16-35(37)39)30-22-25-34(26-23-30)47(33-14-5-2-6-15-33)42-20-11-19-38-36-17-9-10-21-43(36)49-46(38)42/h1-29H. The highest BCUT2D eigenvalue weighted by Gasteiger charge is 2.20. The monoisotopic (exact) mass is 627 g/mol. The molecule has 0 radical (unpaired) electrons. The van der Waals surface area contributed by atoms with E-state index in [-0.39, 0.29) is 0 Å². The molecule has 0 bridgehead atoms. The van der Waals surface area contributed by atoms with Crippen LogP contribution in [0.15, 0.2) is 185 Å². The lowest BCUT2D eigenvalue weighted by Crippen LogP contribution is -2.10. The Hall–Kier alpha value is -6.58. The highest BCUT2D eigenvalue weighted by molar-refractivity contribution is 6.19. The van der Waals surface area contributed by atoms with E-state index in [0.29, 0.717) is 0 Å². The van der Waals surface area contributed by atoms with Crippen LogP contribution in [0.2, 0.25) is 0 Å². The number of hydrogen-bond acceptors (Lipinski definition) is 3. The fourth-order valence-electron chi connectivity index (χ4n) is 7.35. The number of rotatable bonds is 5. The van der Waals surface area contributed by atoms with Crippen LogP contribution in [0.25, 0.3) is 76.9 Å². The van der Waals surface area contributed by atoms with Crippen molar-refractivity contribution >= 4 is 71.7 Å². The molecule has 230 valence electrons. The van der Waals surface area contributed by atoms with Crippen molar-refractivity contribution in [1.29, 1.82) is 0 Å². The van der Waals surface area contributed by atoms with Crippen molar-refractivity contribution in [2.75, 3.05) is 4.90 Å². The molecule has 10 aromatic rings. The fraction of sp³-hybridized carbons (Fsp3) is 0. The maximum absolute atomic E-state index is 6.54. The molecule has 3 nitrogen and oxygen atoms in total. The van der Waals surface area contributed by atoms with Gasteiger partial charge in [-0.2, -0.15) is 0 Å². The molecule has 2 heterocycles. The van der Waals surface area contributed by atoms with Gasteiger partial charge in [-0.15, -0.1) is 0 Å². The van der Waals surface area contributed by atoms with Crippen LogP contribution in [-0.2, 0) is 0 Å². The SMILES string of the molecule is c1ccc(-c2cc3c4cc(-c5ccc(N(c6ccccc6)c6cccc7c6oc6ccccc67)cc5)ccc4oc3c3ccccc23)cc1. The summed E-state index contributed by atoms with van der Waals surface area (Å²) in [6.07, 6.45) is 0. The van der Waals surface area contributed by atoms with Crippen LogP contribution in [0.5, 0.6) is 0 Å². The van der Waals surface area contributed by atoms with Gasteiger partial charge < -0.3 is 13.7 Å². The average Bonchev–Trinajstić information content (AvgIpc) is 3.74. The summed E-state index contributed by atoms with van der Waals surface area (Å²) in [5, 5.41) is 6.78. The molecule has 10 rings (SSSR count). The predicted molar refractivity (Wildman–Crippen MR) is 204 cm³/mol. The molecule has 8 aromatic carbocycles. The van der Waals surface area contributed by atoms with E-state index in [1.54, 1.807) is 0 Å². The first-order chi connectivity index (χ1) is 24.3. The molecular weight excluding hydrogens is 599 g/mol. The maximum Gasteiger partial charge on any atom is 0.159 e. The second kappa shape index (κ2) is 11.0. The Balaban J connectivity index is 1.10. The van der Waals surface area contributed by atoms with Gasteiger partial charge in [-0.1, -0.05) is 121 Å². The Kier molecular flexibility index (Phi) is 6.18. The minimum atomic E-state index is 0.872. The molecule has 0 aliphatic heterocycles. The first-order valence-electron chi connectivity index (χ1n) is 16.6. The normalized spacial score (nSPS) is 11.7. The number of para-hydroxylation sites is 3. The molecular formula is C46H29NO2. The lowest BCUT2D eigenvalue weighted by molar-refractivity contribution is 0.669. The summed E-state index contributed by atoms with van der Waals surface area (Å²) >= 11 is 0. The smallest absolute Gasteiger partial charge is 0.159 e. The molecule has 3 heteroatoms. The first-order valence-corrected chi connectivity index (χ1v) is 16.6. The zero-order valence-corrected chi connectivity index (χ0v) is 26.5. The van der Waals surface area contributed by atoms with Crippen LogP contribution >= 0.6 is 0 Å². The molecule has 0 saturated carbocycles. The molecule has 0 unspecified atom stereocenters. The van der Waals surface area contributed by atoms with Crippen molar-refractivity contribution in [3.63, 3.8) is 0 Å². The summed E-state index contributed by atoms with van der Waals surface area (Å²) in [5.41, 5.74) is 11.4. The van der Waals surface area contributed by atoms with Gasteiger partial charge in [-0.3, -0.25) is 0 Å². The number of anilines is 3. The van der Waals surface area contributed by atoms with E-state index in [2.05, 4.69) is 163 Å². The summed E-state index contributed by atoms with van der Waals surface area (Å²) in [6, 6.07) is 61.9. The van der Waals surface area contributed by atoms with Gasteiger partial charge in [0.1, 0.15) is 16.7 Å². The van der Waals surface area contributed by atoms with Crippen LogP contribution < -0.4 is 4.90 Å². The van der Waals surface area contributed by atoms with Crippen molar-refractivity contribution in [1.82, 2.24) is 0 Å². The summed E-state index contributed by atoms with van der Waals surface area (Å²) in [5.74, 6) is 0. The van der Waals surface area contributed by atoms with Crippen LogP contribution in [0.1, 0.15) is 0 Å². The molecule has 0 amide bonds. The molecule has 0 atom stereocenters. The predicted octanol–water partition coefficient (Wildman–Crippen LogP) is 13.4. The Bertz CT molecular complexity index is 2810. The highest BCUT2D eigenvalue weighted by atomic mass is 16.3. The third kappa shape index (κ3) is 4.44. The van der Waals surface area contributed by atoms with Crippen LogP contribution in [0.4, 0.5) is 17.1 Å². The van der Waals surface area contributed by atoms with Crippen LogP contribution in [0.3, 0.4) is 0 Å². The number of benzene rings is 8. The van der Waals surface area contributed by atoms with Crippen molar-refractivity contribution in [2.24, 2.45) is 0 Å². The second-order valence-corrected chi connectivity index (χ2v) is 12.5. The summed E-state index contributed by atoms with van der Waals surface area (Å²) in [7, 11) is 0. The molecule has 0 N–H and O–H groups in total. The van der Waals surface area contributed by atoms with Gasteiger partial charge in [0, 0.05) is 38.3 Å². The molecule has 0 fully saturated rings. The lowest BCUT2D eigenvalue weighted by Gasteiger charge is -2.25. The third-order valence-corrected chi connectivity index (χ3v) is 9.66. The number of nitrogens with zero attached hydrogens (tertiary/aromatic N) is 1. The zero-order chi connectivity index (χ0) is 32.3. The largest absolute Gasteiger partial charge is 0.455 e. The van der Waals surface area contributed by atoms with E-state index in [9.17, 15) is 0 Å². The number of furan rings is 2. The Morgan fingerprint density at radius 3 is 1.73 bits per heavy atom. The maximum atomic E-state index is 6.54. The van der Waals surface area contributed by atoms with E-state index in [1.165, 1.54) is 16.5 Å². The quantitative estimate of drug-likeness (QED) is 0.190. The van der Waals surface area contributed by atoms with Gasteiger partial charge in [0.15, 0.2) is 5.58 Å². The van der Waals surface area contributed by atoms with Gasteiger partial charge >= 0.3 is 0 Å². The Morgan fingerprint density at radius 2 is 0.918 bits per heavy atom. The lowest BCUT2D eigenvalue weighted by atomic mass is 9.95. The van der Waals surface area contributed by atoms with E-state index in [0.717, 1.165) is 77.5 Å². The topological polar surface area (TPSA) is 29.5 Å². The Morgan fingerprint density at radius 1 is 0.327 bits per heavy atom. The van der Waals surface area contributed by atoms with E-state index < -0.39 is 0 Å². The minimum absolute atomic E-state index is 0.872. The van der Waals surface area contributed by atoms with Crippen LogP contribution in [-0.4, -0.2) is 0 Å². The van der Waals surface area contributed by atoms with Crippen molar-refractivity contribution in [3.05, 3.63) is 176 Å². The van der Waals surface area contributed by atoms with Crippen molar-refractivity contribution in [2.45, 2.75) is 0 Å². The van der Waals surface area contributed by atoms with Gasteiger partial charge in [0.05, 0.1) is 5.69 Å². The average molecular weight is 628 g/mol. The Labute approximate surface area is 282 Å². The van der Waals surface area contributed by atoms with Crippen molar-refractivity contribution in [3.8, 4) is 22.3 Å². The van der Waals surface area contributed by atoms with E-state index >= 15 is 0 Å². The van der Waals surface area contributed by atoms with Gasteiger partial charge in [-0.05, 0) is 82.2 Å². The molecule has 0 aliphatic carbocycles. The van der Waals surface area contributed by atoms with E-state index in [4.69, 9.17) is 8.83 Å². The van der Waals surface area contributed by atoms with Crippen molar-refractivity contribution < 1.29 is 8.83 Å². The van der Waals surface area contributed by atoms with Gasteiger partial charge in [0.25, 0.3) is 0 Å². The molecule has 2 aromatic heterocycles. The molecule has 0 saturated heterocycles. The molecule has 0 spiro atoms. The third-order valence-electron chi connectivity index (χ3n) is 9.66. The number of fused-ring (bicyclic) bond motifs is 8. The second-order valence-electron chi connectivity index (χ2n) is 12.5. The first kappa shape index (κ1) is 27.5. The summed E-state index contributed by atoms with van der Waals surface area (Å²) in [6.45, 7) is 0. The van der Waals surface area contributed by atoms with Gasteiger partial charge in [-0.25, -0.2) is 0 Å². The summed E-state index contributed by atoms with van der Waals surface area (Å²) < 4.78 is 13.0. The summed E-state index contributed by atoms with van der Waals surface area (Å²) in [4.78, 5) is 2.28. The minimum Gasteiger partial charge on any atom is -0.455 e. The zero-order valence-electron chi connectivity index (χ0n) is 26.5. The fourth-order valence-corrected chi connectivity index (χ4v) is 7.35. The molecule has 0 aliphatic rings.